The summed E-state index contributed by atoms with van der Waals surface area (Å²) in [7, 11) is 0. The van der Waals surface area contributed by atoms with Crippen molar-refractivity contribution in [1.29, 1.82) is 0 Å². The third kappa shape index (κ3) is 1.28. The molecule has 0 aromatic carbocycles. The van der Waals surface area contributed by atoms with Crippen LogP contribution in [-0.4, -0.2) is 6.29 Å². The van der Waals surface area contributed by atoms with Crippen LogP contribution in [0.4, 0.5) is 0 Å². The molecule has 10 heavy (non-hydrogen) atoms. The standard InChI is InChI=1S/C9H14O/c1-7-4-3-5-9(6-10)8(7)2/h6,9H,3-5H2,1-2H3. The van der Waals surface area contributed by atoms with Crippen molar-refractivity contribution in [3.05, 3.63) is 11.1 Å². The third-order valence-corrected chi connectivity index (χ3v) is 2.46. The molecule has 0 aliphatic heterocycles. The van der Waals surface area contributed by atoms with E-state index in [1.54, 1.807) is 0 Å². The molecule has 0 heterocycles. The summed E-state index contributed by atoms with van der Waals surface area (Å²) in [6, 6.07) is 0. The van der Waals surface area contributed by atoms with Crippen LogP contribution >= 0.6 is 0 Å². The van der Waals surface area contributed by atoms with Crippen LogP contribution < -0.4 is 0 Å². The minimum absolute atomic E-state index is 0.230. The molecule has 56 valence electrons. The van der Waals surface area contributed by atoms with Gasteiger partial charge in [-0.25, -0.2) is 0 Å². The first kappa shape index (κ1) is 7.52. The molecule has 1 atom stereocenters. The Bertz CT molecular complexity index is 168. The minimum Gasteiger partial charge on any atom is -0.303 e. The Kier molecular flexibility index (Phi) is 2.25. The van der Waals surface area contributed by atoms with Gasteiger partial charge in [0.25, 0.3) is 0 Å². The smallest absolute Gasteiger partial charge is 0.127 e. The van der Waals surface area contributed by atoms with Gasteiger partial charge in [0.05, 0.1) is 0 Å². The van der Waals surface area contributed by atoms with E-state index in [0.717, 1.165) is 12.7 Å². The van der Waals surface area contributed by atoms with Crippen LogP contribution in [0, 0.1) is 5.92 Å². The molecule has 1 aliphatic rings. The van der Waals surface area contributed by atoms with Gasteiger partial charge in [-0.15, -0.1) is 0 Å². The van der Waals surface area contributed by atoms with Crippen LogP contribution in [0.25, 0.3) is 0 Å². The fourth-order valence-corrected chi connectivity index (χ4v) is 1.49. The molecule has 0 spiro atoms. The average molecular weight is 138 g/mol. The zero-order chi connectivity index (χ0) is 7.56. The number of allylic oxidation sites excluding steroid dienone is 2. The van der Waals surface area contributed by atoms with E-state index in [9.17, 15) is 4.79 Å². The Labute approximate surface area is 62.1 Å². The van der Waals surface area contributed by atoms with E-state index >= 15 is 0 Å². The van der Waals surface area contributed by atoms with E-state index in [-0.39, 0.29) is 5.92 Å². The van der Waals surface area contributed by atoms with Gasteiger partial charge in [0.2, 0.25) is 0 Å². The van der Waals surface area contributed by atoms with Crippen LogP contribution in [0.1, 0.15) is 33.1 Å². The van der Waals surface area contributed by atoms with Crippen molar-refractivity contribution < 1.29 is 4.79 Å². The van der Waals surface area contributed by atoms with Gasteiger partial charge in [0.15, 0.2) is 0 Å². The lowest BCUT2D eigenvalue weighted by molar-refractivity contribution is -0.110. The number of rotatable bonds is 1. The second kappa shape index (κ2) is 3.00. The number of carbonyl (C=O) groups is 1. The first-order valence-corrected chi connectivity index (χ1v) is 3.87. The Morgan fingerprint density at radius 1 is 1.50 bits per heavy atom. The van der Waals surface area contributed by atoms with Crippen molar-refractivity contribution in [2.75, 3.05) is 0 Å². The highest BCUT2D eigenvalue weighted by molar-refractivity contribution is 5.59. The summed E-state index contributed by atoms with van der Waals surface area (Å²) in [4.78, 5) is 10.5. The highest BCUT2D eigenvalue weighted by Crippen LogP contribution is 2.27. The second-order valence-corrected chi connectivity index (χ2v) is 3.10. The van der Waals surface area contributed by atoms with Crippen molar-refractivity contribution in [1.82, 2.24) is 0 Å². The highest BCUT2D eigenvalue weighted by Gasteiger charge is 2.15. The largest absolute Gasteiger partial charge is 0.303 e. The molecular formula is C9H14O. The fraction of sp³-hybridized carbons (Fsp3) is 0.667. The number of hydrogen-bond donors (Lipinski definition) is 0. The van der Waals surface area contributed by atoms with Crippen molar-refractivity contribution >= 4 is 6.29 Å². The predicted molar refractivity (Wildman–Crippen MR) is 41.8 cm³/mol. The van der Waals surface area contributed by atoms with Crippen LogP contribution in [0.2, 0.25) is 0 Å². The summed E-state index contributed by atoms with van der Waals surface area (Å²) in [6.45, 7) is 4.21. The van der Waals surface area contributed by atoms with Crippen molar-refractivity contribution in [3.63, 3.8) is 0 Å². The van der Waals surface area contributed by atoms with Gasteiger partial charge in [0, 0.05) is 5.92 Å². The summed E-state index contributed by atoms with van der Waals surface area (Å²) < 4.78 is 0. The Morgan fingerprint density at radius 3 is 2.70 bits per heavy atom. The molecule has 0 aromatic rings. The molecule has 0 bridgehead atoms. The quantitative estimate of drug-likeness (QED) is 0.401. The average Bonchev–Trinajstić information content (AvgIpc) is 1.95. The number of hydrogen-bond acceptors (Lipinski definition) is 1. The summed E-state index contributed by atoms with van der Waals surface area (Å²) in [5.74, 6) is 0.230. The van der Waals surface area contributed by atoms with Gasteiger partial charge in [-0.3, -0.25) is 0 Å². The lowest BCUT2D eigenvalue weighted by atomic mass is 9.85. The zero-order valence-corrected chi connectivity index (χ0v) is 6.68. The summed E-state index contributed by atoms with van der Waals surface area (Å²) >= 11 is 0. The van der Waals surface area contributed by atoms with Crippen molar-refractivity contribution in [3.8, 4) is 0 Å². The molecule has 0 saturated carbocycles. The van der Waals surface area contributed by atoms with Gasteiger partial charge < -0.3 is 4.79 Å². The molecular weight excluding hydrogens is 124 g/mol. The third-order valence-electron chi connectivity index (χ3n) is 2.46. The first-order valence-electron chi connectivity index (χ1n) is 3.87. The predicted octanol–water partition coefficient (Wildman–Crippen LogP) is 2.32. The van der Waals surface area contributed by atoms with E-state index in [1.165, 1.54) is 24.0 Å². The van der Waals surface area contributed by atoms with Crippen LogP contribution in [0.15, 0.2) is 11.1 Å². The molecule has 1 nitrogen and oxygen atoms in total. The lowest BCUT2D eigenvalue weighted by Gasteiger charge is -2.19. The fourth-order valence-electron chi connectivity index (χ4n) is 1.49. The van der Waals surface area contributed by atoms with Gasteiger partial charge in [0.1, 0.15) is 6.29 Å². The molecule has 1 heteroatoms. The van der Waals surface area contributed by atoms with E-state index in [2.05, 4.69) is 13.8 Å². The zero-order valence-electron chi connectivity index (χ0n) is 6.68. The Morgan fingerprint density at radius 2 is 2.20 bits per heavy atom. The topological polar surface area (TPSA) is 17.1 Å². The SMILES string of the molecule is CC1=C(C)C(C=O)CCC1. The number of carbonyl (C=O) groups excluding carboxylic acids is 1. The maximum atomic E-state index is 10.5. The van der Waals surface area contributed by atoms with E-state index in [4.69, 9.17) is 0 Å². The van der Waals surface area contributed by atoms with E-state index in [1.807, 2.05) is 0 Å². The second-order valence-electron chi connectivity index (χ2n) is 3.10. The van der Waals surface area contributed by atoms with Crippen molar-refractivity contribution in [2.45, 2.75) is 33.1 Å². The minimum atomic E-state index is 0.230. The Hall–Kier alpha value is -0.590. The molecule has 0 aromatic heterocycles. The highest BCUT2D eigenvalue weighted by atomic mass is 16.1. The number of aldehydes is 1. The van der Waals surface area contributed by atoms with Crippen molar-refractivity contribution in [2.24, 2.45) is 5.92 Å². The van der Waals surface area contributed by atoms with Crippen LogP contribution in [0.5, 0.6) is 0 Å². The Balaban J connectivity index is 2.77. The molecule has 1 rings (SSSR count). The monoisotopic (exact) mass is 138 g/mol. The molecule has 0 saturated heterocycles. The van der Waals surface area contributed by atoms with Crippen LogP contribution in [-0.2, 0) is 4.79 Å². The normalized spacial score (nSPS) is 26.8. The molecule has 0 fully saturated rings. The summed E-state index contributed by atoms with van der Waals surface area (Å²) in [5.41, 5.74) is 2.73. The molecule has 0 amide bonds. The summed E-state index contributed by atoms with van der Waals surface area (Å²) in [6.07, 6.45) is 4.52. The van der Waals surface area contributed by atoms with Gasteiger partial charge >= 0.3 is 0 Å². The van der Waals surface area contributed by atoms with Gasteiger partial charge in [-0.05, 0) is 33.1 Å². The molecule has 0 radical (unpaired) electrons. The lowest BCUT2D eigenvalue weighted by Crippen LogP contribution is -2.10. The summed E-state index contributed by atoms with van der Waals surface area (Å²) in [5, 5.41) is 0. The van der Waals surface area contributed by atoms with Gasteiger partial charge in [-0.2, -0.15) is 0 Å². The maximum Gasteiger partial charge on any atom is 0.127 e. The van der Waals surface area contributed by atoms with Crippen LogP contribution in [0.3, 0.4) is 0 Å². The van der Waals surface area contributed by atoms with E-state index in [0.29, 0.717) is 0 Å². The van der Waals surface area contributed by atoms with Gasteiger partial charge in [-0.1, -0.05) is 11.1 Å². The maximum absolute atomic E-state index is 10.5. The molecule has 1 unspecified atom stereocenters. The first-order chi connectivity index (χ1) is 4.75. The molecule has 0 N–H and O–H groups in total. The molecule has 1 aliphatic carbocycles. The van der Waals surface area contributed by atoms with E-state index < -0.39 is 0 Å².